The van der Waals surface area contributed by atoms with Crippen molar-refractivity contribution in [3.05, 3.63) is 17.5 Å². The fraction of sp³-hybridized carbons (Fsp3) is 0.571. The third kappa shape index (κ3) is 2.12. The number of carbonyl (C=O) groups is 2. The van der Waals surface area contributed by atoms with Gasteiger partial charge in [-0.05, 0) is 25.3 Å². The van der Waals surface area contributed by atoms with Crippen LogP contribution in [0.3, 0.4) is 0 Å². The minimum absolute atomic E-state index is 0.0968. The summed E-state index contributed by atoms with van der Waals surface area (Å²) in [6.45, 7) is 3.35. The van der Waals surface area contributed by atoms with E-state index in [9.17, 15) is 9.59 Å². The van der Waals surface area contributed by atoms with E-state index in [0.29, 0.717) is 32.5 Å². The van der Waals surface area contributed by atoms with Gasteiger partial charge >= 0.3 is 0 Å². The molecular formula is C14H19N5O2. The number of hydrogen-bond donors (Lipinski definition) is 1. The summed E-state index contributed by atoms with van der Waals surface area (Å²) in [6.07, 6.45) is 2.98. The molecule has 0 bridgehead atoms. The van der Waals surface area contributed by atoms with E-state index in [1.165, 1.54) is 0 Å². The summed E-state index contributed by atoms with van der Waals surface area (Å²) < 4.78 is 0. The number of anilines is 1. The van der Waals surface area contributed by atoms with Gasteiger partial charge in [0, 0.05) is 26.3 Å². The predicted molar refractivity (Wildman–Crippen MR) is 75.9 cm³/mol. The lowest BCUT2D eigenvalue weighted by atomic mass is 9.86. The van der Waals surface area contributed by atoms with Gasteiger partial charge in [-0.2, -0.15) is 0 Å². The molecule has 1 unspecified atom stereocenters. The molecule has 0 radical (unpaired) electrons. The average molecular weight is 289 g/mol. The van der Waals surface area contributed by atoms with Gasteiger partial charge in [0.2, 0.25) is 17.8 Å². The fourth-order valence-corrected chi connectivity index (χ4v) is 3.06. The summed E-state index contributed by atoms with van der Waals surface area (Å²) in [4.78, 5) is 36.5. The van der Waals surface area contributed by atoms with Crippen LogP contribution in [0.2, 0.25) is 0 Å². The second-order valence-electron chi connectivity index (χ2n) is 5.99. The maximum Gasteiger partial charge on any atom is 0.238 e. The van der Waals surface area contributed by atoms with E-state index in [2.05, 4.69) is 9.97 Å². The Balaban J connectivity index is 1.83. The van der Waals surface area contributed by atoms with E-state index >= 15 is 0 Å². The Labute approximate surface area is 123 Å². The number of nitrogen functional groups attached to an aromatic ring is 1. The fourth-order valence-electron chi connectivity index (χ4n) is 3.06. The smallest absolute Gasteiger partial charge is 0.238 e. The predicted octanol–water partition coefficient (Wildman–Crippen LogP) is -0.188. The lowest BCUT2D eigenvalue weighted by molar-refractivity contribution is -0.150. The molecule has 0 saturated carbocycles. The number of hydrogen-bond acceptors (Lipinski definition) is 5. The van der Waals surface area contributed by atoms with Gasteiger partial charge in [0.15, 0.2) is 0 Å². The Morgan fingerprint density at radius 1 is 1.43 bits per heavy atom. The quantitative estimate of drug-likeness (QED) is 0.724. The van der Waals surface area contributed by atoms with E-state index in [4.69, 9.17) is 5.73 Å². The van der Waals surface area contributed by atoms with Crippen LogP contribution in [0.25, 0.3) is 0 Å². The summed E-state index contributed by atoms with van der Waals surface area (Å²) in [7, 11) is 1.74. The van der Waals surface area contributed by atoms with Crippen molar-refractivity contribution in [3.8, 4) is 0 Å². The number of nitrogens with two attached hydrogens (primary N) is 1. The number of likely N-dealkylation sites (tertiary alicyclic amines) is 1. The molecule has 0 spiro atoms. The van der Waals surface area contributed by atoms with Crippen LogP contribution in [-0.4, -0.2) is 51.7 Å². The van der Waals surface area contributed by atoms with E-state index in [1.54, 1.807) is 30.0 Å². The van der Waals surface area contributed by atoms with Gasteiger partial charge in [-0.3, -0.25) is 9.59 Å². The van der Waals surface area contributed by atoms with Gasteiger partial charge in [0.1, 0.15) is 5.41 Å². The second kappa shape index (κ2) is 4.68. The Kier molecular flexibility index (Phi) is 3.07. The molecule has 0 aliphatic carbocycles. The molecule has 2 N–H and O–H groups in total. The molecule has 7 nitrogen and oxygen atoms in total. The largest absolute Gasteiger partial charge is 0.368 e. The first-order valence-corrected chi connectivity index (χ1v) is 7.07. The summed E-state index contributed by atoms with van der Waals surface area (Å²) >= 11 is 0. The van der Waals surface area contributed by atoms with Crippen LogP contribution in [-0.2, 0) is 22.6 Å². The standard InChI is InChI=1S/C14H19N5O2/c1-14(4-6-18(2)11(14)20)12(21)19-5-3-9-7-16-13(15)17-10(9)8-19/h7H,3-6,8H2,1-2H3,(H2,15,16,17). The molecule has 7 heteroatoms. The highest BCUT2D eigenvalue weighted by Crippen LogP contribution is 2.34. The van der Waals surface area contributed by atoms with Gasteiger partial charge in [-0.25, -0.2) is 9.97 Å². The van der Waals surface area contributed by atoms with E-state index < -0.39 is 5.41 Å². The lowest BCUT2D eigenvalue weighted by Gasteiger charge is -2.33. The number of amides is 2. The first-order chi connectivity index (χ1) is 9.91. The van der Waals surface area contributed by atoms with Gasteiger partial charge in [-0.15, -0.1) is 0 Å². The number of aromatic nitrogens is 2. The van der Waals surface area contributed by atoms with E-state index in [-0.39, 0.29) is 17.8 Å². The number of nitrogens with zero attached hydrogens (tertiary/aromatic N) is 4. The van der Waals surface area contributed by atoms with Crippen LogP contribution >= 0.6 is 0 Å². The normalized spacial score (nSPS) is 25.1. The minimum Gasteiger partial charge on any atom is -0.368 e. The van der Waals surface area contributed by atoms with Crippen molar-refractivity contribution in [3.63, 3.8) is 0 Å². The molecule has 3 rings (SSSR count). The third-order valence-electron chi connectivity index (χ3n) is 4.49. The third-order valence-corrected chi connectivity index (χ3v) is 4.49. The summed E-state index contributed by atoms with van der Waals surface area (Å²) in [6, 6.07) is 0. The number of fused-ring (bicyclic) bond motifs is 1. The van der Waals surface area contributed by atoms with Crippen LogP contribution < -0.4 is 5.73 Å². The highest BCUT2D eigenvalue weighted by atomic mass is 16.2. The van der Waals surface area contributed by atoms with E-state index in [1.807, 2.05) is 0 Å². The molecule has 2 aliphatic heterocycles. The zero-order valence-electron chi connectivity index (χ0n) is 12.3. The van der Waals surface area contributed by atoms with Crippen molar-refractivity contribution in [1.82, 2.24) is 19.8 Å². The maximum absolute atomic E-state index is 12.8. The molecule has 2 amide bonds. The van der Waals surface area contributed by atoms with Gasteiger partial charge in [0.05, 0.1) is 12.2 Å². The Hall–Kier alpha value is -2.18. The lowest BCUT2D eigenvalue weighted by Crippen LogP contribution is -2.48. The topological polar surface area (TPSA) is 92.4 Å². The SMILES string of the molecule is CN1CCC(C)(C(=O)N2CCc3cnc(N)nc3C2)C1=O. The molecule has 1 atom stereocenters. The van der Waals surface area contributed by atoms with Crippen LogP contribution in [0.4, 0.5) is 5.95 Å². The average Bonchev–Trinajstić information content (AvgIpc) is 2.74. The molecule has 2 aliphatic rings. The van der Waals surface area contributed by atoms with Crippen LogP contribution in [0.15, 0.2) is 6.20 Å². The van der Waals surface area contributed by atoms with Crippen LogP contribution in [0.5, 0.6) is 0 Å². The molecule has 3 heterocycles. The van der Waals surface area contributed by atoms with Crippen molar-refractivity contribution in [2.24, 2.45) is 5.41 Å². The molecule has 1 fully saturated rings. The van der Waals surface area contributed by atoms with Gasteiger partial charge in [-0.1, -0.05) is 0 Å². The Morgan fingerprint density at radius 3 is 2.86 bits per heavy atom. The molecule has 0 aromatic carbocycles. The van der Waals surface area contributed by atoms with Crippen molar-refractivity contribution in [1.29, 1.82) is 0 Å². The molecule has 1 aromatic rings. The molecule has 112 valence electrons. The van der Waals surface area contributed by atoms with Crippen molar-refractivity contribution < 1.29 is 9.59 Å². The van der Waals surface area contributed by atoms with Crippen molar-refractivity contribution in [2.45, 2.75) is 26.3 Å². The summed E-state index contributed by atoms with van der Waals surface area (Å²) in [5.41, 5.74) is 6.47. The van der Waals surface area contributed by atoms with E-state index in [0.717, 1.165) is 11.3 Å². The summed E-state index contributed by atoms with van der Waals surface area (Å²) in [5, 5.41) is 0. The molecule has 21 heavy (non-hydrogen) atoms. The van der Waals surface area contributed by atoms with Crippen LogP contribution in [0.1, 0.15) is 24.6 Å². The van der Waals surface area contributed by atoms with Gasteiger partial charge < -0.3 is 15.5 Å². The molecule has 1 aromatic heterocycles. The molecular weight excluding hydrogens is 270 g/mol. The highest BCUT2D eigenvalue weighted by Gasteiger charge is 2.49. The monoisotopic (exact) mass is 289 g/mol. The van der Waals surface area contributed by atoms with Crippen molar-refractivity contribution >= 4 is 17.8 Å². The zero-order valence-corrected chi connectivity index (χ0v) is 12.3. The minimum atomic E-state index is -0.940. The first-order valence-electron chi connectivity index (χ1n) is 7.07. The number of carbonyl (C=O) groups excluding carboxylic acids is 2. The second-order valence-corrected chi connectivity index (χ2v) is 5.99. The van der Waals surface area contributed by atoms with Gasteiger partial charge in [0.25, 0.3) is 0 Å². The highest BCUT2D eigenvalue weighted by molar-refractivity contribution is 6.05. The summed E-state index contributed by atoms with van der Waals surface area (Å²) in [5.74, 6) is 0.00567. The Bertz CT molecular complexity index is 617. The first kappa shape index (κ1) is 13.8. The zero-order chi connectivity index (χ0) is 15.2. The Morgan fingerprint density at radius 2 is 2.19 bits per heavy atom. The van der Waals surface area contributed by atoms with Crippen molar-refractivity contribution in [2.75, 3.05) is 25.9 Å². The molecule has 1 saturated heterocycles. The van der Waals surface area contributed by atoms with Crippen LogP contribution in [0, 0.1) is 5.41 Å². The maximum atomic E-state index is 12.8. The number of rotatable bonds is 1.